The molecule has 12 heavy (non-hydrogen) atoms. The van der Waals surface area contributed by atoms with Gasteiger partial charge in [0.1, 0.15) is 0 Å². The minimum atomic E-state index is -1.42. The van der Waals surface area contributed by atoms with Crippen LogP contribution in [0.15, 0.2) is 0 Å². The number of methoxy groups -OCH3 is 1. The number of alkyl halides is 1. The second kappa shape index (κ2) is 7.07. The van der Waals surface area contributed by atoms with Crippen LogP contribution in [-0.4, -0.2) is 19.3 Å². The Bertz CT molecular complexity index is 126. The molecule has 0 fully saturated rings. The van der Waals surface area contributed by atoms with E-state index >= 15 is 0 Å². The number of esters is 1. The molecule has 0 aromatic heterocycles. The number of ether oxygens (including phenoxy) is 1. The number of unbranched alkanes of at least 4 members (excludes halogenated alkanes) is 3. The molecule has 0 aliphatic rings. The van der Waals surface area contributed by atoms with E-state index in [1.54, 1.807) is 0 Å². The Kier molecular flexibility index (Phi) is 6.72. The fourth-order valence-electron chi connectivity index (χ4n) is 0.996. The summed E-state index contributed by atoms with van der Waals surface area (Å²) in [5.74, 6) is -0.744. The first-order valence-corrected chi connectivity index (χ1v) is 4.44. The first-order chi connectivity index (χ1) is 5.72. The van der Waals surface area contributed by atoms with E-state index in [0.29, 0.717) is 6.42 Å². The highest BCUT2D eigenvalue weighted by Crippen LogP contribution is 2.08. The van der Waals surface area contributed by atoms with E-state index in [1.165, 1.54) is 7.11 Å². The molecule has 0 aliphatic carbocycles. The van der Waals surface area contributed by atoms with Crippen LogP contribution in [0, 0.1) is 0 Å². The van der Waals surface area contributed by atoms with Crippen molar-refractivity contribution in [2.45, 2.75) is 45.2 Å². The van der Waals surface area contributed by atoms with Crippen molar-refractivity contribution in [3.8, 4) is 0 Å². The van der Waals surface area contributed by atoms with Gasteiger partial charge >= 0.3 is 5.97 Å². The Morgan fingerprint density at radius 3 is 2.58 bits per heavy atom. The van der Waals surface area contributed by atoms with E-state index in [-0.39, 0.29) is 0 Å². The van der Waals surface area contributed by atoms with Crippen LogP contribution in [0.25, 0.3) is 0 Å². The highest BCUT2D eigenvalue weighted by Gasteiger charge is 2.16. The Morgan fingerprint density at radius 1 is 1.42 bits per heavy atom. The zero-order valence-electron chi connectivity index (χ0n) is 7.81. The Hall–Kier alpha value is -0.600. The summed E-state index contributed by atoms with van der Waals surface area (Å²) in [5, 5.41) is 0. The van der Waals surface area contributed by atoms with E-state index in [2.05, 4.69) is 11.7 Å². The highest BCUT2D eigenvalue weighted by atomic mass is 19.1. The van der Waals surface area contributed by atoms with Crippen molar-refractivity contribution in [2.24, 2.45) is 0 Å². The summed E-state index contributed by atoms with van der Waals surface area (Å²) in [5.41, 5.74) is 0. The lowest BCUT2D eigenvalue weighted by Gasteiger charge is -2.04. The van der Waals surface area contributed by atoms with Crippen LogP contribution in [0.3, 0.4) is 0 Å². The van der Waals surface area contributed by atoms with Crippen LogP contribution in [0.1, 0.15) is 39.0 Å². The van der Waals surface area contributed by atoms with Crippen LogP contribution in [0.5, 0.6) is 0 Å². The largest absolute Gasteiger partial charge is 0.467 e. The second-order valence-corrected chi connectivity index (χ2v) is 2.84. The van der Waals surface area contributed by atoms with Gasteiger partial charge in [-0.3, -0.25) is 0 Å². The molecule has 0 aromatic carbocycles. The average molecular weight is 176 g/mol. The highest BCUT2D eigenvalue weighted by molar-refractivity contribution is 5.74. The van der Waals surface area contributed by atoms with Crippen LogP contribution in [0.2, 0.25) is 0 Å². The van der Waals surface area contributed by atoms with Gasteiger partial charge in [-0.25, -0.2) is 9.18 Å². The van der Waals surface area contributed by atoms with Crippen molar-refractivity contribution < 1.29 is 13.9 Å². The molecule has 72 valence electrons. The van der Waals surface area contributed by atoms with Crippen LogP contribution in [-0.2, 0) is 9.53 Å². The Balaban J connectivity index is 3.31. The number of halogens is 1. The molecule has 3 heteroatoms. The third-order valence-electron chi connectivity index (χ3n) is 1.77. The first kappa shape index (κ1) is 11.4. The molecular formula is C9H17FO2. The minimum Gasteiger partial charge on any atom is -0.467 e. The number of rotatable bonds is 6. The molecule has 0 amide bonds. The fraction of sp³-hybridized carbons (Fsp3) is 0.889. The molecule has 0 rings (SSSR count). The molecule has 2 nitrogen and oxygen atoms in total. The summed E-state index contributed by atoms with van der Waals surface area (Å²) < 4.78 is 17.0. The summed E-state index contributed by atoms with van der Waals surface area (Å²) in [4.78, 5) is 10.6. The fourth-order valence-corrected chi connectivity index (χ4v) is 0.996. The summed E-state index contributed by atoms with van der Waals surface area (Å²) >= 11 is 0. The van der Waals surface area contributed by atoms with Gasteiger partial charge < -0.3 is 4.74 Å². The van der Waals surface area contributed by atoms with Gasteiger partial charge in [-0.05, 0) is 12.8 Å². The van der Waals surface area contributed by atoms with Crippen molar-refractivity contribution >= 4 is 5.97 Å². The zero-order chi connectivity index (χ0) is 9.40. The molecule has 1 unspecified atom stereocenters. The Morgan fingerprint density at radius 2 is 2.08 bits per heavy atom. The van der Waals surface area contributed by atoms with Crippen molar-refractivity contribution in [3.63, 3.8) is 0 Å². The predicted octanol–water partition coefficient (Wildman–Crippen LogP) is 2.47. The number of hydrogen-bond donors (Lipinski definition) is 0. The van der Waals surface area contributed by atoms with Crippen molar-refractivity contribution in [1.29, 1.82) is 0 Å². The molecule has 0 radical (unpaired) electrons. The SMILES string of the molecule is CCCCCCC(F)C(=O)OC. The van der Waals surface area contributed by atoms with Gasteiger partial charge in [0.15, 0.2) is 6.17 Å². The Labute approximate surface area is 73.1 Å². The summed E-state index contributed by atoms with van der Waals surface area (Å²) in [6, 6.07) is 0. The number of hydrogen-bond acceptors (Lipinski definition) is 2. The van der Waals surface area contributed by atoms with Gasteiger partial charge in [0.05, 0.1) is 7.11 Å². The standard InChI is InChI=1S/C9H17FO2/c1-3-4-5-6-7-8(10)9(11)12-2/h8H,3-7H2,1-2H3. The van der Waals surface area contributed by atoms with Crippen molar-refractivity contribution in [3.05, 3.63) is 0 Å². The van der Waals surface area contributed by atoms with Gasteiger partial charge in [-0.2, -0.15) is 0 Å². The van der Waals surface area contributed by atoms with E-state index in [0.717, 1.165) is 25.7 Å². The van der Waals surface area contributed by atoms with E-state index in [9.17, 15) is 9.18 Å². The lowest BCUT2D eigenvalue weighted by Crippen LogP contribution is -2.16. The summed E-state index contributed by atoms with van der Waals surface area (Å²) in [6.07, 6.45) is 2.86. The normalized spacial score (nSPS) is 12.6. The van der Waals surface area contributed by atoms with E-state index in [1.807, 2.05) is 0 Å². The number of carbonyl (C=O) groups is 1. The third kappa shape index (κ3) is 5.10. The summed E-state index contributed by atoms with van der Waals surface area (Å²) in [6.45, 7) is 2.09. The quantitative estimate of drug-likeness (QED) is 0.459. The lowest BCUT2D eigenvalue weighted by atomic mass is 10.1. The molecule has 0 saturated heterocycles. The second-order valence-electron chi connectivity index (χ2n) is 2.84. The predicted molar refractivity (Wildman–Crippen MR) is 45.7 cm³/mol. The molecule has 0 aromatic rings. The molecule has 0 spiro atoms. The first-order valence-electron chi connectivity index (χ1n) is 4.44. The maximum Gasteiger partial charge on any atom is 0.340 e. The molecule has 0 aliphatic heterocycles. The van der Waals surface area contributed by atoms with Crippen molar-refractivity contribution in [2.75, 3.05) is 7.11 Å². The zero-order valence-corrected chi connectivity index (χ0v) is 7.81. The monoisotopic (exact) mass is 176 g/mol. The van der Waals surface area contributed by atoms with Crippen LogP contribution < -0.4 is 0 Å². The van der Waals surface area contributed by atoms with Gasteiger partial charge in [0.2, 0.25) is 0 Å². The third-order valence-corrected chi connectivity index (χ3v) is 1.77. The molecule has 0 saturated carbocycles. The van der Waals surface area contributed by atoms with Gasteiger partial charge in [0, 0.05) is 0 Å². The topological polar surface area (TPSA) is 26.3 Å². The van der Waals surface area contributed by atoms with Crippen molar-refractivity contribution in [1.82, 2.24) is 0 Å². The lowest BCUT2D eigenvalue weighted by molar-refractivity contribution is -0.146. The summed E-state index contributed by atoms with van der Waals surface area (Å²) in [7, 11) is 1.21. The molecule has 0 bridgehead atoms. The maximum atomic E-state index is 12.7. The molecular weight excluding hydrogens is 159 g/mol. The minimum absolute atomic E-state index is 0.298. The van der Waals surface area contributed by atoms with Gasteiger partial charge in [0.25, 0.3) is 0 Å². The average Bonchev–Trinajstić information content (AvgIpc) is 2.10. The van der Waals surface area contributed by atoms with Crippen LogP contribution in [0.4, 0.5) is 4.39 Å². The van der Waals surface area contributed by atoms with E-state index in [4.69, 9.17) is 0 Å². The molecule has 0 N–H and O–H groups in total. The maximum absolute atomic E-state index is 12.7. The smallest absolute Gasteiger partial charge is 0.340 e. The van der Waals surface area contributed by atoms with Gasteiger partial charge in [-0.15, -0.1) is 0 Å². The number of carbonyl (C=O) groups excluding carboxylic acids is 1. The molecule has 0 heterocycles. The van der Waals surface area contributed by atoms with Crippen LogP contribution >= 0.6 is 0 Å². The molecule has 1 atom stereocenters. The van der Waals surface area contributed by atoms with E-state index < -0.39 is 12.1 Å². The van der Waals surface area contributed by atoms with Gasteiger partial charge in [-0.1, -0.05) is 26.2 Å².